The molecule has 1 N–H and O–H groups in total. The highest BCUT2D eigenvalue weighted by Gasteiger charge is 2.08. The van der Waals surface area contributed by atoms with Crippen molar-refractivity contribution >= 4 is 15.8 Å². The topological polar surface area (TPSA) is 64.0 Å². The van der Waals surface area contributed by atoms with Crippen LogP contribution in [0.5, 0.6) is 0 Å². The van der Waals surface area contributed by atoms with Crippen LogP contribution in [-0.2, 0) is 9.84 Å². The van der Waals surface area contributed by atoms with Crippen LogP contribution in [0.1, 0.15) is 19.8 Å². The van der Waals surface area contributed by atoms with E-state index in [0.29, 0.717) is 4.90 Å². The predicted molar refractivity (Wildman–Crippen MR) is 80.1 cm³/mol. The second-order valence-electron chi connectivity index (χ2n) is 4.67. The van der Waals surface area contributed by atoms with Gasteiger partial charge in [0, 0.05) is 30.9 Å². The molecule has 0 amide bonds. The highest BCUT2D eigenvalue weighted by atomic mass is 32.2. The lowest BCUT2D eigenvalue weighted by molar-refractivity contribution is 0.602. The molecule has 20 heavy (non-hydrogen) atoms. The molecule has 0 unspecified atom stereocenters. The van der Waals surface area contributed by atoms with Crippen LogP contribution in [-0.4, -0.2) is 30.8 Å². The number of sulfone groups is 1. The van der Waals surface area contributed by atoms with E-state index in [-0.39, 0.29) is 0 Å². The molecule has 108 valence electrons. The van der Waals surface area contributed by atoms with Crippen LogP contribution in [0.15, 0.2) is 41.6 Å². The quantitative estimate of drug-likeness (QED) is 0.831. The van der Waals surface area contributed by atoms with Crippen LogP contribution in [0.4, 0.5) is 5.95 Å². The zero-order chi connectivity index (χ0) is 14.6. The average molecular weight is 293 g/mol. The van der Waals surface area contributed by atoms with E-state index in [1.165, 1.54) is 6.26 Å². The second-order valence-corrected chi connectivity index (χ2v) is 6.68. The van der Waals surface area contributed by atoms with Crippen LogP contribution in [0.3, 0.4) is 0 Å². The minimum Gasteiger partial charge on any atom is -0.355 e. The number of rotatable bonds is 6. The SMILES string of the molecule is CCCCNc1nccn1-c1ccc(S(C)(=O)=O)cc1. The van der Waals surface area contributed by atoms with Crippen molar-refractivity contribution < 1.29 is 8.42 Å². The van der Waals surface area contributed by atoms with Crippen molar-refractivity contribution in [1.82, 2.24) is 9.55 Å². The third-order valence-electron chi connectivity index (χ3n) is 3.00. The third kappa shape index (κ3) is 3.39. The molecular formula is C14H19N3O2S. The molecule has 2 aromatic rings. The Morgan fingerprint density at radius 2 is 1.95 bits per heavy atom. The van der Waals surface area contributed by atoms with Crippen molar-refractivity contribution in [2.75, 3.05) is 18.1 Å². The standard InChI is InChI=1S/C14H19N3O2S/c1-3-4-9-15-14-16-10-11-17(14)12-5-7-13(8-6-12)20(2,18)19/h5-8,10-11H,3-4,9H2,1-2H3,(H,15,16). The van der Waals surface area contributed by atoms with Gasteiger partial charge >= 0.3 is 0 Å². The number of hydrogen-bond acceptors (Lipinski definition) is 4. The fraction of sp³-hybridized carbons (Fsp3) is 0.357. The predicted octanol–water partition coefficient (Wildman–Crippen LogP) is 2.49. The summed E-state index contributed by atoms with van der Waals surface area (Å²) in [6.07, 6.45) is 6.98. The Balaban J connectivity index is 2.22. The van der Waals surface area contributed by atoms with E-state index in [1.807, 2.05) is 10.8 Å². The van der Waals surface area contributed by atoms with E-state index >= 15 is 0 Å². The lowest BCUT2D eigenvalue weighted by atomic mass is 10.3. The molecule has 0 bridgehead atoms. The van der Waals surface area contributed by atoms with E-state index in [1.54, 1.807) is 30.5 Å². The molecule has 0 aliphatic heterocycles. The Bertz CT molecular complexity index is 660. The molecule has 1 aromatic heterocycles. The van der Waals surface area contributed by atoms with Crippen molar-refractivity contribution in [3.8, 4) is 5.69 Å². The number of anilines is 1. The van der Waals surface area contributed by atoms with Gasteiger partial charge in [-0.1, -0.05) is 13.3 Å². The van der Waals surface area contributed by atoms with Crippen molar-refractivity contribution in [2.45, 2.75) is 24.7 Å². The van der Waals surface area contributed by atoms with Crippen molar-refractivity contribution in [2.24, 2.45) is 0 Å². The fourth-order valence-electron chi connectivity index (χ4n) is 1.87. The summed E-state index contributed by atoms with van der Waals surface area (Å²) in [6, 6.07) is 6.78. The van der Waals surface area contributed by atoms with Crippen LogP contribution in [0.25, 0.3) is 5.69 Å². The van der Waals surface area contributed by atoms with Gasteiger partial charge in [-0.25, -0.2) is 13.4 Å². The Hall–Kier alpha value is -1.82. The first-order chi connectivity index (χ1) is 9.52. The number of imidazole rings is 1. The molecule has 0 saturated heterocycles. The molecule has 0 fully saturated rings. The molecule has 0 radical (unpaired) electrons. The van der Waals surface area contributed by atoms with E-state index in [4.69, 9.17) is 0 Å². The van der Waals surface area contributed by atoms with Crippen LogP contribution in [0, 0.1) is 0 Å². The number of nitrogens with one attached hydrogen (secondary N) is 1. The maximum atomic E-state index is 11.4. The van der Waals surface area contributed by atoms with Crippen LogP contribution >= 0.6 is 0 Å². The van der Waals surface area contributed by atoms with Gasteiger partial charge in [-0.05, 0) is 30.7 Å². The van der Waals surface area contributed by atoms with Gasteiger partial charge in [-0.15, -0.1) is 0 Å². The molecule has 0 spiro atoms. The van der Waals surface area contributed by atoms with Gasteiger partial charge in [0.2, 0.25) is 5.95 Å². The summed E-state index contributed by atoms with van der Waals surface area (Å²) in [4.78, 5) is 4.59. The van der Waals surface area contributed by atoms with Gasteiger partial charge in [-0.3, -0.25) is 4.57 Å². The van der Waals surface area contributed by atoms with Gasteiger partial charge in [-0.2, -0.15) is 0 Å². The number of unbranched alkanes of at least 4 members (excludes halogenated alkanes) is 1. The molecule has 0 aliphatic carbocycles. The lowest BCUT2D eigenvalue weighted by Crippen LogP contribution is -2.07. The Kier molecular flexibility index (Phi) is 4.44. The summed E-state index contributed by atoms with van der Waals surface area (Å²) in [5.74, 6) is 0.769. The first kappa shape index (κ1) is 14.6. The highest BCUT2D eigenvalue weighted by molar-refractivity contribution is 7.90. The van der Waals surface area contributed by atoms with E-state index < -0.39 is 9.84 Å². The molecule has 1 aromatic carbocycles. The summed E-state index contributed by atoms with van der Waals surface area (Å²) < 4.78 is 24.8. The van der Waals surface area contributed by atoms with E-state index in [9.17, 15) is 8.42 Å². The number of nitrogens with zero attached hydrogens (tertiary/aromatic N) is 2. The minimum absolute atomic E-state index is 0.321. The second kappa shape index (κ2) is 6.09. The molecule has 0 aliphatic rings. The maximum absolute atomic E-state index is 11.4. The molecule has 5 nitrogen and oxygen atoms in total. The number of benzene rings is 1. The van der Waals surface area contributed by atoms with E-state index in [0.717, 1.165) is 31.0 Å². The van der Waals surface area contributed by atoms with Gasteiger partial charge in [0.05, 0.1) is 4.90 Å². The minimum atomic E-state index is -3.16. The van der Waals surface area contributed by atoms with E-state index in [2.05, 4.69) is 17.2 Å². The normalized spacial score (nSPS) is 11.5. The third-order valence-corrected chi connectivity index (χ3v) is 4.13. The molecule has 2 rings (SSSR count). The molecule has 0 saturated carbocycles. The monoisotopic (exact) mass is 293 g/mol. The largest absolute Gasteiger partial charge is 0.355 e. The van der Waals surface area contributed by atoms with Crippen LogP contribution < -0.4 is 5.32 Å². The van der Waals surface area contributed by atoms with Gasteiger partial charge < -0.3 is 5.32 Å². The summed E-state index contributed by atoms with van der Waals surface area (Å²) in [5, 5.41) is 3.27. The number of aromatic nitrogens is 2. The van der Waals surface area contributed by atoms with Crippen molar-refractivity contribution in [3.63, 3.8) is 0 Å². The van der Waals surface area contributed by atoms with Gasteiger partial charge in [0.1, 0.15) is 0 Å². The Morgan fingerprint density at radius 3 is 2.55 bits per heavy atom. The molecule has 0 atom stereocenters. The Labute approximate surface area is 119 Å². The maximum Gasteiger partial charge on any atom is 0.207 e. The first-order valence-corrected chi connectivity index (χ1v) is 8.49. The molecule has 6 heteroatoms. The van der Waals surface area contributed by atoms with Crippen molar-refractivity contribution in [1.29, 1.82) is 0 Å². The summed E-state index contributed by atoms with van der Waals surface area (Å²) in [7, 11) is -3.16. The van der Waals surface area contributed by atoms with Gasteiger partial charge in [0.25, 0.3) is 0 Å². The van der Waals surface area contributed by atoms with Gasteiger partial charge in [0.15, 0.2) is 9.84 Å². The zero-order valence-electron chi connectivity index (χ0n) is 11.7. The van der Waals surface area contributed by atoms with Crippen LogP contribution in [0.2, 0.25) is 0 Å². The molecule has 1 heterocycles. The fourth-order valence-corrected chi connectivity index (χ4v) is 2.50. The van der Waals surface area contributed by atoms with Crippen molar-refractivity contribution in [3.05, 3.63) is 36.7 Å². The summed E-state index contributed by atoms with van der Waals surface area (Å²) >= 11 is 0. The average Bonchev–Trinajstić information content (AvgIpc) is 2.87. The summed E-state index contributed by atoms with van der Waals surface area (Å²) in [5.41, 5.74) is 0.883. The lowest BCUT2D eigenvalue weighted by Gasteiger charge is -2.10. The molecular weight excluding hydrogens is 274 g/mol. The highest BCUT2D eigenvalue weighted by Crippen LogP contribution is 2.17. The summed E-state index contributed by atoms with van der Waals surface area (Å²) in [6.45, 7) is 3.01. The smallest absolute Gasteiger partial charge is 0.207 e. The first-order valence-electron chi connectivity index (χ1n) is 6.60. The number of hydrogen-bond donors (Lipinski definition) is 1. The Morgan fingerprint density at radius 1 is 1.25 bits per heavy atom. The zero-order valence-corrected chi connectivity index (χ0v) is 12.5.